The van der Waals surface area contributed by atoms with Crippen molar-refractivity contribution in [3.05, 3.63) is 29.8 Å². The van der Waals surface area contributed by atoms with Gasteiger partial charge in [0.25, 0.3) is 0 Å². The van der Waals surface area contributed by atoms with E-state index in [1.807, 2.05) is 31.3 Å². The molecule has 3 heteroatoms. The summed E-state index contributed by atoms with van der Waals surface area (Å²) in [5.74, 6) is 0.872. The van der Waals surface area contributed by atoms with Crippen LogP contribution in [0.25, 0.3) is 0 Å². The second-order valence-corrected chi connectivity index (χ2v) is 3.89. The Morgan fingerprint density at radius 2 is 1.93 bits per heavy atom. The number of benzene rings is 1. The van der Waals surface area contributed by atoms with Crippen LogP contribution in [-0.4, -0.2) is 36.8 Å². The molecule has 3 nitrogen and oxygen atoms in total. The van der Waals surface area contributed by atoms with Crippen molar-refractivity contribution >= 4 is 0 Å². The van der Waals surface area contributed by atoms with E-state index < -0.39 is 0 Å². The first kappa shape index (κ1) is 12.0. The smallest absolute Gasteiger partial charge is 0.118 e. The van der Waals surface area contributed by atoms with Gasteiger partial charge in [-0.3, -0.25) is 4.90 Å². The lowest BCUT2D eigenvalue weighted by molar-refractivity contribution is 0.138. The average molecular weight is 209 g/mol. The monoisotopic (exact) mass is 209 g/mol. The van der Waals surface area contributed by atoms with E-state index in [2.05, 4.69) is 4.90 Å². The van der Waals surface area contributed by atoms with E-state index in [1.165, 1.54) is 5.56 Å². The standard InChI is InChI=1S/C12H19NO2/c1-10(14)8-13(2)9-11-4-6-12(15-3)7-5-11/h4-7,10,14H,8-9H2,1-3H3/t10-/m0/s1. The van der Waals surface area contributed by atoms with Crippen LogP contribution in [-0.2, 0) is 6.54 Å². The van der Waals surface area contributed by atoms with Gasteiger partial charge in [0.05, 0.1) is 13.2 Å². The van der Waals surface area contributed by atoms with E-state index >= 15 is 0 Å². The van der Waals surface area contributed by atoms with Crippen molar-refractivity contribution in [1.82, 2.24) is 4.90 Å². The minimum absolute atomic E-state index is 0.284. The fourth-order valence-electron chi connectivity index (χ4n) is 1.56. The molecule has 0 aliphatic carbocycles. The van der Waals surface area contributed by atoms with E-state index in [-0.39, 0.29) is 6.10 Å². The SMILES string of the molecule is COc1ccc(CN(C)C[C@H](C)O)cc1. The molecule has 0 aromatic heterocycles. The predicted molar refractivity (Wildman–Crippen MR) is 61.0 cm³/mol. The lowest BCUT2D eigenvalue weighted by Crippen LogP contribution is -2.26. The molecule has 1 aromatic rings. The predicted octanol–water partition coefficient (Wildman–Crippen LogP) is 1.51. The maximum atomic E-state index is 9.22. The van der Waals surface area contributed by atoms with Crippen LogP contribution >= 0.6 is 0 Å². The van der Waals surface area contributed by atoms with E-state index in [0.717, 1.165) is 12.3 Å². The summed E-state index contributed by atoms with van der Waals surface area (Å²) in [6, 6.07) is 7.98. The van der Waals surface area contributed by atoms with Gasteiger partial charge in [-0.2, -0.15) is 0 Å². The number of hydrogen-bond donors (Lipinski definition) is 1. The van der Waals surface area contributed by atoms with E-state index in [9.17, 15) is 5.11 Å². The Labute approximate surface area is 91.3 Å². The molecule has 1 aromatic carbocycles. The maximum Gasteiger partial charge on any atom is 0.118 e. The lowest BCUT2D eigenvalue weighted by Gasteiger charge is -2.18. The Morgan fingerprint density at radius 3 is 2.40 bits per heavy atom. The molecule has 0 radical (unpaired) electrons. The van der Waals surface area contributed by atoms with Gasteiger partial charge in [0.2, 0.25) is 0 Å². The molecule has 0 amide bonds. The second kappa shape index (κ2) is 5.73. The highest BCUT2D eigenvalue weighted by Gasteiger charge is 2.03. The highest BCUT2D eigenvalue weighted by molar-refractivity contribution is 5.26. The summed E-state index contributed by atoms with van der Waals surface area (Å²) in [5, 5.41) is 9.22. The van der Waals surface area contributed by atoms with Crippen molar-refractivity contribution in [2.24, 2.45) is 0 Å². The molecule has 0 spiro atoms. The number of likely N-dealkylation sites (N-methyl/N-ethyl adjacent to an activating group) is 1. The summed E-state index contributed by atoms with van der Waals surface area (Å²) in [6.07, 6.45) is -0.284. The van der Waals surface area contributed by atoms with Gasteiger partial charge in [-0.05, 0) is 31.7 Å². The number of nitrogens with zero attached hydrogens (tertiary/aromatic N) is 1. The van der Waals surface area contributed by atoms with Crippen LogP contribution in [0.1, 0.15) is 12.5 Å². The Kier molecular flexibility index (Phi) is 4.59. The molecule has 0 saturated heterocycles. The van der Waals surface area contributed by atoms with Crippen LogP contribution in [0.5, 0.6) is 5.75 Å². The second-order valence-electron chi connectivity index (χ2n) is 3.89. The van der Waals surface area contributed by atoms with Crippen LogP contribution in [0.15, 0.2) is 24.3 Å². The molecule has 0 aliphatic rings. The first-order valence-corrected chi connectivity index (χ1v) is 5.11. The summed E-state index contributed by atoms with van der Waals surface area (Å²) in [4.78, 5) is 2.09. The third-order valence-electron chi connectivity index (χ3n) is 2.19. The molecule has 84 valence electrons. The van der Waals surface area contributed by atoms with Gasteiger partial charge in [0.15, 0.2) is 0 Å². The van der Waals surface area contributed by atoms with Crippen molar-refractivity contribution in [3.63, 3.8) is 0 Å². The lowest BCUT2D eigenvalue weighted by atomic mass is 10.2. The Bertz CT molecular complexity index is 282. The number of aliphatic hydroxyl groups is 1. The minimum atomic E-state index is -0.284. The molecule has 0 unspecified atom stereocenters. The zero-order chi connectivity index (χ0) is 11.3. The molecule has 0 aliphatic heterocycles. The molecule has 0 heterocycles. The van der Waals surface area contributed by atoms with Crippen molar-refractivity contribution in [1.29, 1.82) is 0 Å². The van der Waals surface area contributed by atoms with Crippen LogP contribution in [0.2, 0.25) is 0 Å². The fourth-order valence-corrected chi connectivity index (χ4v) is 1.56. The van der Waals surface area contributed by atoms with Gasteiger partial charge in [0.1, 0.15) is 5.75 Å². The summed E-state index contributed by atoms with van der Waals surface area (Å²) >= 11 is 0. The first-order chi connectivity index (χ1) is 7.11. The normalized spacial score (nSPS) is 12.9. The van der Waals surface area contributed by atoms with E-state index in [4.69, 9.17) is 4.74 Å². The Balaban J connectivity index is 2.49. The summed E-state index contributed by atoms with van der Waals surface area (Å²) in [6.45, 7) is 3.32. The zero-order valence-electron chi connectivity index (χ0n) is 9.60. The topological polar surface area (TPSA) is 32.7 Å². The van der Waals surface area contributed by atoms with Crippen LogP contribution in [0, 0.1) is 0 Å². The molecular formula is C12H19NO2. The molecule has 15 heavy (non-hydrogen) atoms. The van der Waals surface area contributed by atoms with Crippen molar-refractivity contribution in [2.75, 3.05) is 20.7 Å². The molecule has 1 atom stereocenters. The highest BCUT2D eigenvalue weighted by atomic mass is 16.5. The van der Waals surface area contributed by atoms with Crippen molar-refractivity contribution < 1.29 is 9.84 Å². The van der Waals surface area contributed by atoms with Gasteiger partial charge in [-0.1, -0.05) is 12.1 Å². The van der Waals surface area contributed by atoms with Crippen LogP contribution < -0.4 is 4.74 Å². The molecule has 1 rings (SSSR count). The molecular weight excluding hydrogens is 190 g/mol. The molecule has 1 N–H and O–H groups in total. The number of hydrogen-bond acceptors (Lipinski definition) is 3. The summed E-state index contributed by atoms with van der Waals surface area (Å²) in [7, 11) is 3.66. The van der Waals surface area contributed by atoms with E-state index in [1.54, 1.807) is 14.0 Å². The third-order valence-corrected chi connectivity index (χ3v) is 2.19. The van der Waals surface area contributed by atoms with Gasteiger partial charge in [0, 0.05) is 13.1 Å². The quantitative estimate of drug-likeness (QED) is 0.798. The largest absolute Gasteiger partial charge is 0.497 e. The number of aliphatic hydroxyl groups excluding tert-OH is 1. The number of methoxy groups -OCH3 is 1. The number of ether oxygens (including phenoxy) is 1. The van der Waals surface area contributed by atoms with Crippen molar-refractivity contribution in [2.45, 2.75) is 19.6 Å². The number of rotatable bonds is 5. The maximum absolute atomic E-state index is 9.22. The van der Waals surface area contributed by atoms with Gasteiger partial charge >= 0.3 is 0 Å². The average Bonchev–Trinajstić information content (AvgIpc) is 2.17. The van der Waals surface area contributed by atoms with Crippen LogP contribution in [0.4, 0.5) is 0 Å². The Morgan fingerprint density at radius 1 is 1.33 bits per heavy atom. The molecule has 0 saturated carbocycles. The first-order valence-electron chi connectivity index (χ1n) is 5.11. The summed E-state index contributed by atoms with van der Waals surface area (Å²) < 4.78 is 5.09. The van der Waals surface area contributed by atoms with Gasteiger partial charge in [-0.15, -0.1) is 0 Å². The van der Waals surface area contributed by atoms with Gasteiger partial charge < -0.3 is 9.84 Å². The van der Waals surface area contributed by atoms with Gasteiger partial charge in [-0.25, -0.2) is 0 Å². The van der Waals surface area contributed by atoms with Crippen LogP contribution in [0.3, 0.4) is 0 Å². The summed E-state index contributed by atoms with van der Waals surface area (Å²) in [5.41, 5.74) is 1.22. The molecule has 0 bridgehead atoms. The highest BCUT2D eigenvalue weighted by Crippen LogP contribution is 2.12. The van der Waals surface area contributed by atoms with E-state index in [0.29, 0.717) is 6.54 Å². The zero-order valence-corrected chi connectivity index (χ0v) is 9.60. The fraction of sp³-hybridized carbons (Fsp3) is 0.500. The van der Waals surface area contributed by atoms with Crippen molar-refractivity contribution in [3.8, 4) is 5.75 Å². The third kappa shape index (κ3) is 4.32. The molecule has 0 fully saturated rings. The minimum Gasteiger partial charge on any atom is -0.497 e. The Hall–Kier alpha value is -1.06.